The first-order valence-electron chi connectivity index (χ1n) is 9.25. The molecule has 1 aliphatic rings. The van der Waals surface area contributed by atoms with Gasteiger partial charge in [-0.05, 0) is 43.9 Å². The van der Waals surface area contributed by atoms with Gasteiger partial charge in [-0.15, -0.1) is 0 Å². The number of carbonyl (C=O) groups excluding carboxylic acids is 1. The molecule has 6 heteroatoms. The van der Waals surface area contributed by atoms with Gasteiger partial charge in [-0.25, -0.2) is 12.7 Å². The number of rotatable bonds is 5. The number of nitrogens with zero attached hydrogens (tertiary/aromatic N) is 1. The number of hydrogen-bond donors (Lipinski definition) is 1. The normalized spacial score (nSPS) is 16.2. The summed E-state index contributed by atoms with van der Waals surface area (Å²) in [5.41, 5.74) is 3.73. The second kappa shape index (κ2) is 8.23. The molecule has 0 bridgehead atoms. The number of hydrogen-bond acceptors (Lipinski definition) is 3. The van der Waals surface area contributed by atoms with E-state index in [9.17, 15) is 13.2 Å². The highest BCUT2D eigenvalue weighted by Gasteiger charge is 2.31. The van der Waals surface area contributed by atoms with Crippen LogP contribution in [0.15, 0.2) is 48.5 Å². The Morgan fingerprint density at radius 2 is 1.67 bits per heavy atom. The van der Waals surface area contributed by atoms with Gasteiger partial charge in [0.15, 0.2) is 0 Å². The second-order valence-corrected chi connectivity index (χ2v) is 9.19. The highest BCUT2D eigenvalue weighted by atomic mass is 32.2. The smallest absolute Gasteiger partial charge is 0.227 e. The number of nitrogens with one attached hydrogen (secondary N) is 1. The quantitative estimate of drug-likeness (QED) is 0.855. The lowest BCUT2D eigenvalue weighted by Crippen LogP contribution is -2.41. The van der Waals surface area contributed by atoms with Crippen LogP contribution in [0.2, 0.25) is 0 Å². The molecule has 1 N–H and O–H groups in total. The van der Waals surface area contributed by atoms with Crippen molar-refractivity contribution in [3.63, 3.8) is 0 Å². The monoisotopic (exact) mass is 386 g/mol. The Kier molecular flexibility index (Phi) is 5.97. The van der Waals surface area contributed by atoms with Crippen LogP contribution in [-0.4, -0.2) is 31.7 Å². The fraction of sp³-hybridized carbons (Fsp3) is 0.381. The number of anilines is 1. The third kappa shape index (κ3) is 4.96. The molecule has 27 heavy (non-hydrogen) atoms. The molecule has 1 heterocycles. The summed E-state index contributed by atoms with van der Waals surface area (Å²) in [6.45, 7) is 4.71. The van der Waals surface area contributed by atoms with E-state index in [2.05, 4.69) is 5.32 Å². The molecule has 3 rings (SSSR count). The van der Waals surface area contributed by atoms with Crippen LogP contribution < -0.4 is 5.32 Å². The Labute approximate surface area is 161 Å². The molecule has 0 radical (unpaired) electrons. The molecule has 0 aliphatic carbocycles. The Hall–Kier alpha value is -2.18. The predicted molar refractivity (Wildman–Crippen MR) is 108 cm³/mol. The van der Waals surface area contributed by atoms with Crippen molar-refractivity contribution in [2.24, 2.45) is 5.92 Å². The highest BCUT2D eigenvalue weighted by molar-refractivity contribution is 7.88. The van der Waals surface area contributed by atoms with E-state index in [1.807, 2.05) is 62.4 Å². The van der Waals surface area contributed by atoms with Crippen LogP contribution in [0, 0.1) is 19.8 Å². The minimum absolute atomic E-state index is 0.00729. The third-order valence-corrected chi connectivity index (χ3v) is 6.94. The predicted octanol–water partition coefficient (Wildman–Crippen LogP) is 3.48. The zero-order valence-corrected chi connectivity index (χ0v) is 16.6. The van der Waals surface area contributed by atoms with Gasteiger partial charge >= 0.3 is 0 Å². The summed E-state index contributed by atoms with van der Waals surface area (Å²) in [5.74, 6) is -0.178. The van der Waals surface area contributed by atoms with E-state index in [1.54, 1.807) is 0 Å². The Balaban J connectivity index is 1.57. The molecule has 1 fully saturated rings. The largest absolute Gasteiger partial charge is 0.326 e. The standard InChI is InChI=1S/C21H26N2O3S/c1-16-7-9-18(10-8-16)15-27(25,26)23-13-11-19(12-14-23)21(24)22-20-6-4-3-5-17(20)2/h3-10,19H,11-15H2,1-2H3,(H,22,24). The average molecular weight is 387 g/mol. The van der Waals surface area contributed by atoms with Crippen LogP contribution in [0.1, 0.15) is 29.5 Å². The number of sulfonamides is 1. The maximum absolute atomic E-state index is 12.7. The number of para-hydroxylation sites is 1. The summed E-state index contributed by atoms with van der Waals surface area (Å²) >= 11 is 0. The summed E-state index contributed by atoms with van der Waals surface area (Å²) in [4.78, 5) is 12.5. The topological polar surface area (TPSA) is 66.5 Å². The van der Waals surface area contributed by atoms with E-state index in [0.29, 0.717) is 25.9 Å². The van der Waals surface area contributed by atoms with E-state index in [0.717, 1.165) is 22.4 Å². The minimum Gasteiger partial charge on any atom is -0.326 e. The molecule has 5 nitrogen and oxygen atoms in total. The van der Waals surface area contributed by atoms with E-state index >= 15 is 0 Å². The number of carbonyl (C=O) groups is 1. The van der Waals surface area contributed by atoms with Crippen LogP contribution in [0.5, 0.6) is 0 Å². The van der Waals surface area contributed by atoms with Crippen LogP contribution >= 0.6 is 0 Å². The summed E-state index contributed by atoms with van der Waals surface area (Å²) in [7, 11) is -3.36. The first kappa shape index (κ1) is 19.6. The maximum atomic E-state index is 12.7. The zero-order chi connectivity index (χ0) is 19.4. The van der Waals surface area contributed by atoms with Crippen LogP contribution in [0.4, 0.5) is 5.69 Å². The number of piperidine rings is 1. The molecule has 1 aliphatic heterocycles. The lowest BCUT2D eigenvalue weighted by Gasteiger charge is -2.30. The van der Waals surface area contributed by atoms with Crippen LogP contribution in [-0.2, 0) is 20.6 Å². The average Bonchev–Trinajstić information content (AvgIpc) is 2.65. The molecule has 1 amide bonds. The molecule has 2 aromatic rings. The number of amides is 1. The maximum Gasteiger partial charge on any atom is 0.227 e. The molecular formula is C21H26N2O3S. The van der Waals surface area contributed by atoms with Gasteiger partial charge in [0, 0.05) is 24.7 Å². The SMILES string of the molecule is Cc1ccc(CS(=O)(=O)N2CCC(C(=O)Nc3ccccc3C)CC2)cc1. The lowest BCUT2D eigenvalue weighted by molar-refractivity contribution is -0.120. The molecule has 0 spiro atoms. The number of benzene rings is 2. The van der Waals surface area contributed by atoms with Crippen molar-refractivity contribution in [2.45, 2.75) is 32.4 Å². The summed E-state index contributed by atoms with van der Waals surface area (Å²) in [6, 6.07) is 15.2. The van der Waals surface area contributed by atoms with Crippen molar-refractivity contribution < 1.29 is 13.2 Å². The van der Waals surface area contributed by atoms with Crippen LogP contribution in [0.25, 0.3) is 0 Å². The Morgan fingerprint density at radius 1 is 1.04 bits per heavy atom. The fourth-order valence-corrected chi connectivity index (χ4v) is 4.89. The Morgan fingerprint density at radius 3 is 2.30 bits per heavy atom. The summed E-state index contributed by atoms with van der Waals surface area (Å²) < 4.78 is 26.9. The van der Waals surface area contributed by atoms with Crippen molar-refractivity contribution in [3.8, 4) is 0 Å². The molecule has 144 valence electrons. The summed E-state index contributed by atoms with van der Waals surface area (Å²) in [5, 5.41) is 2.97. The van der Waals surface area contributed by atoms with Gasteiger partial charge in [0.25, 0.3) is 0 Å². The molecule has 1 saturated heterocycles. The molecular weight excluding hydrogens is 360 g/mol. The van der Waals surface area contributed by atoms with Crippen LogP contribution in [0.3, 0.4) is 0 Å². The molecule has 0 saturated carbocycles. The van der Waals surface area contributed by atoms with Gasteiger partial charge in [-0.2, -0.15) is 0 Å². The van der Waals surface area contributed by atoms with Crippen molar-refractivity contribution in [2.75, 3.05) is 18.4 Å². The van der Waals surface area contributed by atoms with E-state index < -0.39 is 10.0 Å². The van der Waals surface area contributed by atoms with Crippen molar-refractivity contribution in [1.82, 2.24) is 4.31 Å². The molecule has 0 atom stereocenters. The van der Waals surface area contributed by atoms with Gasteiger partial charge in [0.05, 0.1) is 5.75 Å². The molecule has 0 aromatic heterocycles. The van der Waals surface area contributed by atoms with Gasteiger partial charge in [0.1, 0.15) is 0 Å². The Bertz CT molecular complexity index is 899. The third-order valence-electron chi connectivity index (χ3n) is 5.09. The zero-order valence-electron chi connectivity index (χ0n) is 15.8. The first-order chi connectivity index (χ1) is 12.8. The van der Waals surface area contributed by atoms with Crippen molar-refractivity contribution in [1.29, 1.82) is 0 Å². The van der Waals surface area contributed by atoms with Crippen molar-refractivity contribution >= 4 is 21.6 Å². The van der Waals surface area contributed by atoms with E-state index in [1.165, 1.54) is 4.31 Å². The van der Waals surface area contributed by atoms with E-state index in [4.69, 9.17) is 0 Å². The van der Waals surface area contributed by atoms with Gasteiger partial charge in [0.2, 0.25) is 15.9 Å². The van der Waals surface area contributed by atoms with Gasteiger partial charge in [-0.1, -0.05) is 48.0 Å². The second-order valence-electron chi connectivity index (χ2n) is 7.22. The van der Waals surface area contributed by atoms with Crippen molar-refractivity contribution in [3.05, 3.63) is 65.2 Å². The highest BCUT2D eigenvalue weighted by Crippen LogP contribution is 2.24. The van der Waals surface area contributed by atoms with Gasteiger partial charge < -0.3 is 5.32 Å². The lowest BCUT2D eigenvalue weighted by atomic mass is 9.97. The molecule has 0 unspecified atom stereocenters. The number of aryl methyl sites for hydroxylation is 2. The first-order valence-corrected chi connectivity index (χ1v) is 10.9. The fourth-order valence-electron chi connectivity index (χ4n) is 3.33. The summed E-state index contributed by atoms with van der Waals surface area (Å²) in [6.07, 6.45) is 1.09. The minimum atomic E-state index is -3.36. The molecule has 2 aromatic carbocycles. The van der Waals surface area contributed by atoms with E-state index in [-0.39, 0.29) is 17.6 Å². The van der Waals surface area contributed by atoms with Gasteiger partial charge in [-0.3, -0.25) is 4.79 Å².